The Morgan fingerprint density at radius 1 is 0.647 bits per heavy atom. The molecule has 0 radical (unpaired) electrons. The summed E-state index contributed by atoms with van der Waals surface area (Å²) in [6.45, 7) is 4.66. The van der Waals surface area contributed by atoms with Gasteiger partial charge in [0.05, 0.1) is 0 Å². The second-order valence-electron chi connectivity index (χ2n) is 11.4. The van der Waals surface area contributed by atoms with Crippen molar-refractivity contribution in [3.63, 3.8) is 0 Å². The molecule has 0 amide bonds. The van der Waals surface area contributed by atoms with E-state index in [-0.39, 0.29) is 0 Å². The molecule has 0 nitrogen and oxygen atoms in total. The predicted octanol–water partition coefficient (Wildman–Crippen LogP) is 10.5. The van der Waals surface area contributed by atoms with Crippen LogP contribution in [0.1, 0.15) is 114 Å². The first-order valence-corrected chi connectivity index (χ1v) is 14.6. The van der Waals surface area contributed by atoms with Crippen molar-refractivity contribution in [2.24, 2.45) is 17.8 Å². The lowest BCUT2D eigenvalue weighted by molar-refractivity contribution is 0.294. The van der Waals surface area contributed by atoms with Crippen LogP contribution in [0.2, 0.25) is 0 Å². The maximum absolute atomic E-state index is 2.52. The zero-order valence-electron chi connectivity index (χ0n) is 22.0. The maximum Gasteiger partial charge on any atom is -0.0162 e. The fourth-order valence-electron chi connectivity index (χ4n) is 6.62. The van der Waals surface area contributed by atoms with Crippen molar-refractivity contribution < 1.29 is 0 Å². The fraction of sp³-hybridized carbons (Fsp3) is 0.588. The molecule has 0 unspecified atom stereocenters. The van der Waals surface area contributed by atoms with Crippen LogP contribution in [-0.2, 0) is 6.42 Å². The first-order chi connectivity index (χ1) is 16.7. The van der Waals surface area contributed by atoms with Gasteiger partial charge in [0.2, 0.25) is 0 Å². The molecule has 4 rings (SSSR count). The summed E-state index contributed by atoms with van der Waals surface area (Å²) in [7, 11) is 0. The Bertz CT molecular complexity index is 840. The molecule has 0 bridgehead atoms. The highest BCUT2D eigenvalue weighted by Crippen LogP contribution is 2.38. The number of aryl methyl sites for hydroxylation is 1. The van der Waals surface area contributed by atoms with Crippen molar-refractivity contribution in [1.29, 1.82) is 0 Å². The third kappa shape index (κ3) is 7.34. The molecule has 2 aliphatic carbocycles. The van der Waals surface area contributed by atoms with Gasteiger partial charge in [0.1, 0.15) is 0 Å². The Morgan fingerprint density at radius 2 is 1.18 bits per heavy atom. The van der Waals surface area contributed by atoms with Gasteiger partial charge in [-0.25, -0.2) is 0 Å². The fourth-order valence-corrected chi connectivity index (χ4v) is 6.62. The molecule has 0 aliphatic heterocycles. The van der Waals surface area contributed by atoms with E-state index in [1.165, 1.54) is 100 Å². The van der Waals surface area contributed by atoms with E-state index in [0.717, 1.165) is 30.1 Å². The van der Waals surface area contributed by atoms with Gasteiger partial charge in [-0.05, 0) is 110 Å². The minimum Gasteiger partial charge on any atom is -0.0879 e. The Hall–Kier alpha value is -1.82. The Morgan fingerprint density at radius 3 is 1.74 bits per heavy atom. The molecule has 2 aliphatic rings. The predicted molar refractivity (Wildman–Crippen MR) is 149 cm³/mol. The zero-order chi connectivity index (χ0) is 23.6. The average molecular weight is 457 g/mol. The SMILES string of the molecule is CCCC1CCC(/C=C/CCc2ccc(-c3ccc(C4CCC(CCC)CC4)cc3)cc2)CC1. The quantitative estimate of drug-likeness (QED) is 0.312. The number of benzene rings is 2. The minimum atomic E-state index is 0.781. The third-order valence-electron chi connectivity index (χ3n) is 8.81. The molecule has 2 fully saturated rings. The van der Waals surface area contributed by atoms with E-state index in [0.29, 0.717) is 0 Å². The summed E-state index contributed by atoms with van der Waals surface area (Å²) in [5.74, 6) is 3.61. The highest BCUT2D eigenvalue weighted by molar-refractivity contribution is 5.64. The second kappa shape index (κ2) is 13.3. The number of hydrogen-bond donors (Lipinski definition) is 0. The van der Waals surface area contributed by atoms with Gasteiger partial charge in [0.25, 0.3) is 0 Å². The van der Waals surface area contributed by atoms with Crippen LogP contribution < -0.4 is 0 Å². The van der Waals surface area contributed by atoms with Crippen molar-refractivity contribution in [3.8, 4) is 11.1 Å². The zero-order valence-corrected chi connectivity index (χ0v) is 22.0. The molecule has 34 heavy (non-hydrogen) atoms. The lowest BCUT2D eigenvalue weighted by Gasteiger charge is -2.28. The van der Waals surface area contributed by atoms with Gasteiger partial charge >= 0.3 is 0 Å². The standard InChI is InChI=1S/C34H48/c1-3-7-27-11-13-29(14-12-27)9-5-6-10-30-17-21-32(22-18-30)34-25-23-33(24-26-34)31-19-15-28(8-4-2)16-20-31/h5,9,17-18,21-29,31H,3-4,6-8,10-16,19-20H2,1-2H3/b9-5+. The van der Waals surface area contributed by atoms with E-state index in [2.05, 4.69) is 74.5 Å². The van der Waals surface area contributed by atoms with Crippen molar-refractivity contribution in [1.82, 2.24) is 0 Å². The van der Waals surface area contributed by atoms with Gasteiger partial charge in [0, 0.05) is 0 Å². The van der Waals surface area contributed by atoms with E-state index < -0.39 is 0 Å². The summed E-state index contributed by atoms with van der Waals surface area (Å²) in [5, 5.41) is 0. The number of allylic oxidation sites excluding steroid dienone is 2. The molecule has 2 aromatic rings. The highest BCUT2D eigenvalue weighted by Gasteiger charge is 2.22. The maximum atomic E-state index is 2.52. The Kier molecular flexibility index (Phi) is 9.90. The van der Waals surface area contributed by atoms with Crippen LogP contribution in [-0.4, -0.2) is 0 Å². The molecular formula is C34H48. The van der Waals surface area contributed by atoms with Crippen LogP contribution in [0.5, 0.6) is 0 Å². The van der Waals surface area contributed by atoms with E-state index in [9.17, 15) is 0 Å². The summed E-state index contributed by atoms with van der Waals surface area (Å²) in [6.07, 6.45) is 24.2. The Labute approximate surface area is 210 Å². The smallest absolute Gasteiger partial charge is 0.0162 e. The van der Waals surface area contributed by atoms with Crippen LogP contribution in [0.4, 0.5) is 0 Å². The van der Waals surface area contributed by atoms with Crippen molar-refractivity contribution in [3.05, 3.63) is 71.8 Å². The Balaban J connectivity index is 1.21. The summed E-state index contributed by atoms with van der Waals surface area (Å²) < 4.78 is 0. The molecule has 0 aromatic heterocycles. The van der Waals surface area contributed by atoms with Crippen LogP contribution in [0.25, 0.3) is 11.1 Å². The monoisotopic (exact) mass is 456 g/mol. The highest BCUT2D eigenvalue weighted by atomic mass is 14.3. The van der Waals surface area contributed by atoms with Crippen molar-refractivity contribution in [2.45, 2.75) is 110 Å². The molecule has 0 heterocycles. The van der Waals surface area contributed by atoms with Gasteiger partial charge in [-0.3, -0.25) is 0 Å². The molecule has 2 saturated carbocycles. The van der Waals surface area contributed by atoms with Gasteiger partial charge in [0.15, 0.2) is 0 Å². The normalized spacial score (nSPS) is 25.6. The first-order valence-electron chi connectivity index (χ1n) is 14.6. The van der Waals surface area contributed by atoms with E-state index in [4.69, 9.17) is 0 Å². The first kappa shape index (κ1) is 25.3. The summed E-state index contributed by atoms with van der Waals surface area (Å²) in [6, 6.07) is 18.8. The second-order valence-corrected chi connectivity index (χ2v) is 11.4. The van der Waals surface area contributed by atoms with Gasteiger partial charge in [-0.2, -0.15) is 0 Å². The molecule has 2 aromatic carbocycles. The largest absolute Gasteiger partial charge is 0.0879 e. The van der Waals surface area contributed by atoms with E-state index in [1.807, 2.05) is 0 Å². The van der Waals surface area contributed by atoms with Crippen LogP contribution in [0.15, 0.2) is 60.7 Å². The molecule has 0 atom stereocenters. The van der Waals surface area contributed by atoms with Gasteiger partial charge in [-0.15, -0.1) is 0 Å². The summed E-state index contributed by atoms with van der Waals surface area (Å²) in [4.78, 5) is 0. The van der Waals surface area contributed by atoms with Gasteiger partial charge < -0.3 is 0 Å². The summed E-state index contributed by atoms with van der Waals surface area (Å²) >= 11 is 0. The topological polar surface area (TPSA) is 0 Å². The van der Waals surface area contributed by atoms with Crippen LogP contribution in [0.3, 0.4) is 0 Å². The summed E-state index contributed by atoms with van der Waals surface area (Å²) in [5.41, 5.74) is 5.72. The molecule has 0 heteroatoms. The van der Waals surface area contributed by atoms with Gasteiger partial charge in [-0.1, -0.05) is 100 Å². The van der Waals surface area contributed by atoms with E-state index >= 15 is 0 Å². The molecule has 0 N–H and O–H groups in total. The third-order valence-corrected chi connectivity index (χ3v) is 8.81. The van der Waals surface area contributed by atoms with Crippen molar-refractivity contribution in [2.75, 3.05) is 0 Å². The minimum absolute atomic E-state index is 0.781. The number of hydrogen-bond acceptors (Lipinski definition) is 0. The van der Waals surface area contributed by atoms with Crippen LogP contribution in [0, 0.1) is 17.8 Å². The van der Waals surface area contributed by atoms with Crippen LogP contribution >= 0.6 is 0 Å². The average Bonchev–Trinajstić information content (AvgIpc) is 2.89. The lowest BCUT2D eigenvalue weighted by atomic mass is 9.77. The number of rotatable bonds is 10. The van der Waals surface area contributed by atoms with E-state index in [1.54, 1.807) is 5.56 Å². The molecule has 0 saturated heterocycles. The van der Waals surface area contributed by atoms with Crippen molar-refractivity contribution >= 4 is 0 Å². The lowest BCUT2D eigenvalue weighted by Crippen LogP contribution is -2.13. The molecular weight excluding hydrogens is 408 g/mol. The molecule has 184 valence electrons. The molecule has 0 spiro atoms.